The predicted octanol–water partition coefficient (Wildman–Crippen LogP) is 6.45. The second kappa shape index (κ2) is 13.5. The van der Waals surface area contributed by atoms with Gasteiger partial charge in [0.05, 0.1) is 11.4 Å². The van der Waals surface area contributed by atoms with Crippen LogP contribution in [0.2, 0.25) is 0 Å². The van der Waals surface area contributed by atoms with Gasteiger partial charge in [-0.2, -0.15) is 5.10 Å². The molecule has 0 radical (unpaired) electrons. The quantitative estimate of drug-likeness (QED) is 0.291. The van der Waals surface area contributed by atoms with E-state index in [4.69, 9.17) is 10.8 Å². The molecule has 0 bridgehead atoms. The van der Waals surface area contributed by atoms with Gasteiger partial charge in [-0.25, -0.2) is 14.6 Å². The summed E-state index contributed by atoms with van der Waals surface area (Å²) in [5.74, 6) is 2.07. The van der Waals surface area contributed by atoms with Crippen molar-refractivity contribution in [2.45, 2.75) is 64.8 Å². The first-order valence-electron chi connectivity index (χ1n) is 14.1. The number of benzene rings is 2. The SMILES string of the molecule is CC(C)CCC=O.Cc1ccc(-c2nn(C3CCN(C)C3)c3ncnc(N)c23)cc1.c1ccc(C2CC2)cc1. The second-order valence-corrected chi connectivity index (χ2v) is 11.1. The maximum atomic E-state index is 9.71. The normalized spacial score (nSPS) is 16.9. The van der Waals surface area contributed by atoms with Gasteiger partial charge in [-0.15, -0.1) is 0 Å². The van der Waals surface area contributed by atoms with E-state index in [0.717, 1.165) is 66.8 Å². The molecule has 1 atom stereocenters. The van der Waals surface area contributed by atoms with Gasteiger partial charge in [0.25, 0.3) is 0 Å². The Morgan fingerprint density at radius 1 is 1.03 bits per heavy atom. The summed E-state index contributed by atoms with van der Waals surface area (Å²) in [5, 5.41) is 5.73. The summed E-state index contributed by atoms with van der Waals surface area (Å²) >= 11 is 0. The molecule has 2 aliphatic rings. The minimum Gasteiger partial charge on any atom is -0.383 e. The van der Waals surface area contributed by atoms with Crippen LogP contribution in [-0.2, 0) is 4.79 Å². The van der Waals surface area contributed by atoms with Crippen LogP contribution in [-0.4, -0.2) is 51.1 Å². The van der Waals surface area contributed by atoms with Crippen LogP contribution in [0.25, 0.3) is 22.3 Å². The molecule has 3 heterocycles. The van der Waals surface area contributed by atoms with Gasteiger partial charge in [0.15, 0.2) is 5.65 Å². The summed E-state index contributed by atoms with van der Waals surface area (Å²) < 4.78 is 2.03. The van der Waals surface area contributed by atoms with Gasteiger partial charge in [0, 0.05) is 25.1 Å². The lowest BCUT2D eigenvalue weighted by Gasteiger charge is -2.11. The number of aromatic nitrogens is 4. The van der Waals surface area contributed by atoms with Crippen LogP contribution in [0.5, 0.6) is 0 Å². The minimum absolute atomic E-state index is 0.330. The molecule has 1 saturated carbocycles. The number of carbonyl (C=O) groups excluding carboxylic acids is 1. The molecule has 39 heavy (non-hydrogen) atoms. The highest BCUT2D eigenvalue weighted by atomic mass is 16.1. The fraction of sp³-hybridized carbons (Fsp3) is 0.438. The van der Waals surface area contributed by atoms with Crippen LogP contribution >= 0.6 is 0 Å². The number of aryl methyl sites for hydroxylation is 1. The van der Waals surface area contributed by atoms with E-state index in [9.17, 15) is 4.79 Å². The molecule has 2 fully saturated rings. The average Bonchev–Trinajstić information content (AvgIpc) is 3.59. The first-order chi connectivity index (χ1) is 18.9. The lowest BCUT2D eigenvalue weighted by molar-refractivity contribution is -0.108. The number of fused-ring (bicyclic) bond motifs is 1. The molecule has 2 aromatic carbocycles. The van der Waals surface area contributed by atoms with Crippen LogP contribution in [0.4, 0.5) is 5.82 Å². The Kier molecular flexibility index (Phi) is 9.82. The maximum Gasteiger partial charge on any atom is 0.164 e. The van der Waals surface area contributed by atoms with Crippen molar-refractivity contribution in [2.24, 2.45) is 5.92 Å². The number of aldehydes is 1. The molecular formula is C32H42N6O. The van der Waals surface area contributed by atoms with Gasteiger partial charge in [0.1, 0.15) is 24.1 Å². The van der Waals surface area contributed by atoms with Crippen LogP contribution in [0, 0.1) is 12.8 Å². The average molecular weight is 527 g/mol. The molecule has 1 saturated heterocycles. The van der Waals surface area contributed by atoms with E-state index in [1.165, 1.54) is 30.3 Å². The van der Waals surface area contributed by atoms with Crippen molar-refractivity contribution in [3.05, 3.63) is 72.1 Å². The number of nitrogens with two attached hydrogens (primary N) is 1. The molecule has 7 nitrogen and oxygen atoms in total. The Hall–Kier alpha value is -3.58. The van der Waals surface area contributed by atoms with E-state index < -0.39 is 0 Å². The molecule has 4 aromatic rings. The molecule has 0 amide bonds. The van der Waals surface area contributed by atoms with Gasteiger partial charge in [-0.05, 0) is 57.1 Å². The fourth-order valence-electron chi connectivity index (χ4n) is 4.82. The van der Waals surface area contributed by atoms with E-state index in [-0.39, 0.29) is 0 Å². The van der Waals surface area contributed by atoms with Crippen molar-refractivity contribution in [1.29, 1.82) is 0 Å². The fourth-order valence-corrected chi connectivity index (χ4v) is 4.82. The topological polar surface area (TPSA) is 89.9 Å². The third kappa shape index (κ3) is 7.73. The molecular weight excluding hydrogens is 484 g/mol. The number of hydrogen-bond acceptors (Lipinski definition) is 6. The molecule has 1 aliphatic heterocycles. The van der Waals surface area contributed by atoms with E-state index in [0.29, 0.717) is 17.8 Å². The summed E-state index contributed by atoms with van der Waals surface area (Å²) in [6, 6.07) is 19.4. The van der Waals surface area contributed by atoms with Gasteiger partial charge < -0.3 is 15.4 Å². The maximum absolute atomic E-state index is 9.71. The van der Waals surface area contributed by atoms with E-state index in [1.807, 2.05) is 4.68 Å². The first kappa shape index (κ1) is 28.4. The Morgan fingerprint density at radius 2 is 1.74 bits per heavy atom. The van der Waals surface area contributed by atoms with Crippen molar-refractivity contribution < 1.29 is 4.79 Å². The number of hydrogen-bond donors (Lipinski definition) is 1. The first-order valence-corrected chi connectivity index (χ1v) is 14.1. The summed E-state index contributed by atoms with van der Waals surface area (Å²) in [5.41, 5.74) is 11.6. The highest BCUT2D eigenvalue weighted by molar-refractivity contribution is 5.98. The highest BCUT2D eigenvalue weighted by Crippen LogP contribution is 2.39. The standard InChI is InChI=1S/C17H20N6.C9H10.C6H12O/c1-11-3-5-12(6-4-11)15-14-16(18)19-10-20-17(14)23(21-15)13-7-8-22(2)9-13;1-2-4-8(5-3-1)9-6-7-9;1-6(2)4-3-5-7/h3-6,10,13H,7-9H2,1-2H3,(H2,18,19,20);1-5,9H,6-7H2;5-6H,3-4H2,1-2H3. The number of likely N-dealkylation sites (tertiary alicyclic amines) is 1. The summed E-state index contributed by atoms with van der Waals surface area (Å²) in [6.07, 6.45) is 8.13. The lowest BCUT2D eigenvalue weighted by atomic mass is 10.1. The molecule has 6 rings (SSSR count). The third-order valence-corrected chi connectivity index (χ3v) is 7.27. The molecule has 1 aliphatic carbocycles. The van der Waals surface area contributed by atoms with E-state index in [2.05, 4.69) is 97.3 Å². The highest BCUT2D eigenvalue weighted by Gasteiger charge is 2.26. The smallest absolute Gasteiger partial charge is 0.164 e. The molecule has 2 N–H and O–H groups in total. The number of nitrogen functional groups attached to an aromatic ring is 1. The van der Waals surface area contributed by atoms with Gasteiger partial charge in [-0.1, -0.05) is 74.0 Å². The van der Waals surface area contributed by atoms with Gasteiger partial charge in [0.2, 0.25) is 0 Å². The number of rotatable bonds is 6. The van der Waals surface area contributed by atoms with Crippen molar-refractivity contribution >= 4 is 23.1 Å². The zero-order chi connectivity index (χ0) is 27.8. The zero-order valence-electron chi connectivity index (χ0n) is 23.8. The summed E-state index contributed by atoms with van der Waals surface area (Å²) in [7, 11) is 2.13. The molecule has 7 heteroatoms. The number of anilines is 1. The summed E-state index contributed by atoms with van der Waals surface area (Å²) in [6.45, 7) is 8.36. The van der Waals surface area contributed by atoms with Crippen molar-refractivity contribution in [3.63, 3.8) is 0 Å². The lowest BCUT2D eigenvalue weighted by Crippen LogP contribution is -2.17. The van der Waals surface area contributed by atoms with Crippen molar-refractivity contribution in [1.82, 2.24) is 24.6 Å². The van der Waals surface area contributed by atoms with E-state index >= 15 is 0 Å². The van der Waals surface area contributed by atoms with Crippen molar-refractivity contribution in [2.75, 3.05) is 25.9 Å². The predicted molar refractivity (Wildman–Crippen MR) is 160 cm³/mol. The zero-order valence-corrected chi connectivity index (χ0v) is 23.8. The van der Waals surface area contributed by atoms with Gasteiger partial charge in [-0.3, -0.25) is 0 Å². The molecule has 1 unspecified atom stereocenters. The van der Waals surface area contributed by atoms with Crippen LogP contribution in [0.15, 0.2) is 60.9 Å². The summed E-state index contributed by atoms with van der Waals surface area (Å²) in [4.78, 5) is 20.7. The molecule has 2 aromatic heterocycles. The minimum atomic E-state index is 0.330. The van der Waals surface area contributed by atoms with Gasteiger partial charge >= 0.3 is 0 Å². The monoisotopic (exact) mass is 526 g/mol. The Labute approximate surface area is 232 Å². The van der Waals surface area contributed by atoms with Crippen LogP contribution in [0.1, 0.15) is 69.0 Å². The Bertz CT molecular complexity index is 1330. The number of carbonyl (C=O) groups is 1. The number of nitrogens with zero attached hydrogens (tertiary/aromatic N) is 5. The largest absolute Gasteiger partial charge is 0.383 e. The Balaban J connectivity index is 0.000000180. The van der Waals surface area contributed by atoms with Crippen molar-refractivity contribution in [3.8, 4) is 11.3 Å². The molecule has 0 spiro atoms. The second-order valence-electron chi connectivity index (χ2n) is 11.1. The third-order valence-electron chi connectivity index (χ3n) is 7.27. The molecule has 206 valence electrons. The van der Waals surface area contributed by atoms with Crippen LogP contribution < -0.4 is 5.73 Å². The Morgan fingerprint density at radius 3 is 2.31 bits per heavy atom. The van der Waals surface area contributed by atoms with E-state index in [1.54, 1.807) is 0 Å². The van der Waals surface area contributed by atoms with Crippen LogP contribution in [0.3, 0.4) is 0 Å². The number of likely N-dealkylation sites (N-methyl/N-ethyl adjacent to an activating group) is 1.